The second-order valence-electron chi connectivity index (χ2n) is 5.36. The normalized spacial score (nSPS) is 19.0. The number of hydrogen-bond donors (Lipinski definition) is 0. The lowest BCUT2D eigenvalue weighted by Crippen LogP contribution is -2.44. The van der Waals surface area contributed by atoms with Crippen molar-refractivity contribution in [1.82, 2.24) is 4.90 Å². The van der Waals surface area contributed by atoms with Gasteiger partial charge in [0.25, 0.3) is 6.08 Å². The maximum Gasteiger partial charge on any atom is 0.411 e. The first-order chi connectivity index (χ1) is 9.17. The average molecular weight is 291 g/mol. The number of rotatable bonds is 2. The highest BCUT2D eigenvalue weighted by Gasteiger charge is 2.43. The third-order valence-corrected chi connectivity index (χ3v) is 2.64. The Balaban J connectivity index is 2.98. The van der Waals surface area contributed by atoms with Gasteiger partial charge in [-0.25, -0.2) is 9.59 Å². The van der Waals surface area contributed by atoms with E-state index in [2.05, 4.69) is 0 Å². The quantitative estimate of drug-likeness (QED) is 0.734. The summed E-state index contributed by atoms with van der Waals surface area (Å²) in [6.45, 7) is 6.61. The molecule has 0 saturated carbocycles. The summed E-state index contributed by atoms with van der Waals surface area (Å²) < 4.78 is 35.6. The number of hydrogen-bond acceptors (Lipinski definition) is 4. The highest BCUT2D eigenvalue weighted by atomic mass is 19.3. The summed E-state index contributed by atoms with van der Waals surface area (Å²) in [4.78, 5) is 24.8. The molecule has 0 aromatic carbocycles. The third-order valence-electron chi connectivity index (χ3n) is 2.64. The first kappa shape index (κ1) is 16.4. The lowest BCUT2D eigenvalue weighted by atomic mass is 10.1. The molecule has 1 saturated heterocycles. The fraction of sp³-hybridized carbons (Fsp3) is 0.692. The Morgan fingerprint density at radius 2 is 1.95 bits per heavy atom. The highest BCUT2D eigenvalue weighted by molar-refractivity contribution is 5.85. The van der Waals surface area contributed by atoms with Crippen molar-refractivity contribution in [2.24, 2.45) is 0 Å². The van der Waals surface area contributed by atoms with Crippen molar-refractivity contribution in [1.29, 1.82) is 0 Å². The van der Waals surface area contributed by atoms with Crippen LogP contribution in [-0.4, -0.2) is 41.8 Å². The van der Waals surface area contributed by atoms with Crippen LogP contribution in [0.1, 0.15) is 34.1 Å². The van der Waals surface area contributed by atoms with Gasteiger partial charge in [0, 0.05) is 12.1 Å². The van der Waals surface area contributed by atoms with Gasteiger partial charge < -0.3 is 9.47 Å². The van der Waals surface area contributed by atoms with E-state index in [1.165, 1.54) is 0 Å². The predicted molar refractivity (Wildman–Crippen MR) is 67.2 cm³/mol. The molecule has 1 aliphatic heterocycles. The second kappa shape index (κ2) is 6.19. The number of carbonyl (C=O) groups excluding carboxylic acids is 2. The minimum atomic E-state index is -1.95. The summed E-state index contributed by atoms with van der Waals surface area (Å²) in [6.07, 6.45) is -2.81. The molecule has 1 unspecified atom stereocenters. The molecule has 1 fully saturated rings. The van der Waals surface area contributed by atoms with Crippen molar-refractivity contribution < 1.29 is 27.8 Å². The zero-order valence-corrected chi connectivity index (χ0v) is 12.0. The summed E-state index contributed by atoms with van der Waals surface area (Å²) in [5.41, 5.74) is -1.15. The first-order valence-electron chi connectivity index (χ1n) is 6.37. The number of amides is 1. The number of ether oxygens (including phenoxy) is 2. The molecule has 114 valence electrons. The van der Waals surface area contributed by atoms with Crippen LogP contribution < -0.4 is 0 Å². The molecule has 0 aromatic heterocycles. The zero-order valence-electron chi connectivity index (χ0n) is 12.0. The van der Waals surface area contributed by atoms with E-state index in [9.17, 15) is 18.4 Å². The van der Waals surface area contributed by atoms with Gasteiger partial charge in [-0.2, -0.15) is 8.78 Å². The van der Waals surface area contributed by atoms with Gasteiger partial charge >= 0.3 is 12.1 Å². The summed E-state index contributed by atoms with van der Waals surface area (Å²) in [5, 5.41) is 0. The smallest absolute Gasteiger partial charge is 0.411 e. The average Bonchev–Trinajstić information content (AvgIpc) is 2.71. The van der Waals surface area contributed by atoms with Crippen LogP contribution in [0.3, 0.4) is 0 Å². The maximum atomic E-state index is 12.9. The van der Waals surface area contributed by atoms with E-state index in [-0.39, 0.29) is 25.1 Å². The Bertz CT molecular complexity index is 425. The molecule has 0 radical (unpaired) electrons. The van der Waals surface area contributed by atoms with Crippen molar-refractivity contribution >= 4 is 12.1 Å². The SMILES string of the molecule is CCOC(=O)C1C(=C(F)F)CCN1C(=O)OC(C)(C)C. The fourth-order valence-electron chi connectivity index (χ4n) is 1.90. The van der Waals surface area contributed by atoms with Crippen LogP contribution in [0.2, 0.25) is 0 Å². The predicted octanol–water partition coefficient (Wildman–Crippen LogP) is 2.71. The Hall–Kier alpha value is -1.66. The molecule has 0 bridgehead atoms. The molecule has 1 aliphatic rings. The van der Waals surface area contributed by atoms with Crippen LogP contribution in [0.25, 0.3) is 0 Å². The summed E-state index contributed by atoms with van der Waals surface area (Å²) in [6, 6.07) is -1.39. The van der Waals surface area contributed by atoms with E-state index in [0.717, 1.165) is 4.90 Å². The standard InChI is InChI=1S/C13H19F2NO4/c1-5-19-11(17)9-8(10(14)15)6-7-16(9)12(18)20-13(2,3)4/h9H,5-7H2,1-4H3. The van der Waals surface area contributed by atoms with Crippen LogP contribution in [-0.2, 0) is 14.3 Å². The minimum Gasteiger partial charge on any atom is -0.464 e. The van der Waals surface area contributed by atoms with E-state index < -0.39 is 29.8 Å². The Kier molecular flexibility index (Phi) is 5.08. The highest BCUT2D eigenvalue weighted by Crippen LogP contribution is 2.30. The Morgan fingerprint density at radius 3 is 2.40 bits per heavy atom. The van der Waals surface area contributed by atoms with Gasteiger partial charge in [0.05, 0.1) is 6.61 Å². The summed E-state index contributed by atoms with van der Waals surface area (Å²) >= 11 is 0. The van der Waals surface area contributed by atoms with Crippen LogP contribution in [0.4, 0.5) is 13.6 Å². The maximum absolute atomic E-state index is 12.9. The minimum absolute atomic E-state index is 0.00503. The van der Waals surface area contributed by atoms with Gasteiger partial charge in [-0.1, -0.05) is 0 Å². The van der Waals surface area contributed by atoms with Crippen molar-refractivity contribution in [3.05, 3.63) is 11.7 Å². The first-order valence-corrected chi connectivity index (χ1v) is 6.37. The number of likely N-dealkylation sites (tertiary alicyclic amines) is 1. The largest absolute Gasteiger partial charge is 0.464 e. The lowest BCUT2D eigenvalue weighted by Gasteiger charge is -2.27. The topological polar surface area (TPSA) is 55.8 Å². The Labute approximate surface area is 116 Å². The number of nitrogens with zero attached hydrogens (tertiary/aromatic N) is 1. The second-order valence-corrected chi connectivity index (χ2v) is 5.36. The molecule has 1 atom stereocenters. The van der Waals surface area contributed by atoms with Gasteiger partial charge in [0.1, 0.15) is 5.60 Å². The van der Waals surface area contributed by atoms with Gasteiger partial charge in [-0.05, 0) is 34.1 Å². The van der Waals surface area contributed by atoms with Crippen molar-refractivity contribution in [2.45, 2.75) is 45.8 Å². The fourth-order valence-corrected chi connectivity index (χ4v) is 1.90. The van der Waals surface area contributed by atoms with E-state index in [1.54, 1.807) is 27.7 Å². The lowest BCUT2D eigenvalue weighted by molar-refractivity contribution is -0.147. The molecule has 0 N–H and O–H groups in total. The van der Waals surface area contributed by atoms with Gasteiger partial charge in [-0.15, -0.1) is 0 Å². The van der Waals surface area contributed by atoms with E-state index in [1.807, 2.05) is 0 Å². The molecule has 7 heteroatoms. The van der Waals surface area contributed by atoms with Crippen molar-refractivity contribution in [3.63, 3.8) is 0 Å². The van der Waals surface area contributed by atoms with E-state index in [0.29, 0.717) is 0 Å². The van der Waals surface area contributed by atoms with Crippen molar-refractivity contribution in [2.75, 3.05) is 13.2 Å². The van der Waals surface area contributed by atoms with Gasteiger partial charge in [0.15, 0.2) is 6.04 Å². The van der Waals surface area contributed by atoms with Crippen LogP contribution in [0, 0.1) is 0 Å². The number of halogens is 2. The van der Waals surface area contributed by atoms with E-state index in [4.69, 9.17) is 9.47 Å². The molecule has 0 spiro atoms. The monoisotopic (exact) mass is 291 g/mol. The number of carbonyl (C=O) groups is 2. The van der Waals surface area contributed by atoms with Crippen LogP contribution >= 0.6 is 0 Å². The van der Waals surface area contributed by atoms with Crippen LogP contribution in [0.15, 0.2) is 11.7 Å². The summed E-state index contributed by atoms with van der Waals surface area (Å²) in [5.74, 6) is -0.862. The van der Waals surface area contributed by atoms with Crippen LogP contribution in [0.5, 0.6) is 0 Å². The van der Waals surface area contributed by atoms with Crippen molar-refractivity contribution in [3.8, 4) is 0 Å². The molecule has 1 amide bonds. The molecular weight excluding hydrogens is 272 g/mol. The third kappa shape index (κ3) is 3.91. The molecule has 1 rings (SSSR count). The zero-order chi connectivity index (χ0) is 15.5. The molecule has 1 heterocycles. The van der Waals surface area contributed by atoms with Gasteiger partial charge in [0.2, 0.25) is 0 Å². The molecular formula is C13H19F2NO4. The number of esters is 1. The molecule has 20 heavy (non-hydrogen) atoms. The van der Waals surface area contributed by atoms with Gasteiger partial charge in [-0.3, -0.25) is 4.90 Å². The Morgan fingerprint density at radius 1 is 1.35 bits per heavy atom. The molecule has 0 aromatic rings. The molecule has 0 aliphatic carbocycles. The van der Waals surface area contributed by atoms with E-state index >= 15 is 0 Å². The summed E-state index contributed by atoms with van der Waals surface area (Å²) in [7, 11) is 0. The molecule has 5 nitrogen and oxygen atoms in total.